The molecule has 0 saturated heterocycles. The molecule has 0 amide bonds. The average molecular weight is 488 g/mol. The van der Waals surface area contributed by atoms with Crippen LogP contribution in [0.25, 0.3) is 39.5 Å². The van der Waals surface area contributed by atoms with Crippen LogP contribution in [0.1, 0.15) is 23.6 Å². The van der Waals surface area contributed by atoms with Crippen molar-refractivity contribution < 1.29 is 9.13 Å². The predicted molar refractivity (Wildman–Crippen MR) is 133 cm³/mol. The van der Waals surface area contributed by atoms with Crippen LogP contribution in [-0.2, 0) is 0 Å². The Morgan fingerprint density at radius 2 is 1.97 bits per heavy atom. The van der Waals surface area contributed by atoms with Crippen LogP contribution in [0.3, 0.4) is 0 Å². The molecule has 37 heavy (non-hydrogen) atoms. The number of benzene rings is 2. The first-order valence-electron chi connectivity index (χ1n) is 11.7. The van der Waals surface area contributed by atoms with Crippen molar-refractivity contribution in [1.29, 1.82) is 5.26 Å². The molecule has 0 aliphatic carbocycles. The number of hydrogen-bond donors (Lipinski definition) is 0. The van der Waals surface area contributed by atoms with E-state index in [9.17, 15) is 9.65 Å². The summed E-state index contributed by atoms with van der Waals surface area (Å²) in [6, 6.07) is 15.9. The smallest absolute Gasteiger partial charge is 0.237 e. The number of nitriles is 1. The number of fused-ring (bicyclic) bond motifs is 3. The molecule has 178 valence electrons. The third-order valence-electron chi connectivity index (χ3n) is 6.54. The van der Waals surface area contributed by atoms with Gasteiger partial charge in [-0.15, -0.1) is 0 Å². The number of rotatable bonds is 3. The van der Waals surface area contributed by atoms with E-state index in [1.807, 2.05) is 22.8 Å². The van der Waals surface area contributed by atoms with E-state index in [1.54, 1.807) is 53.8 Å². The van der Waals surface area contributed by atoms with Crippen molar-refractivity contribution in [2.45, 2.75) is 12.5 Å². The van der Waals surface area contributed by atoms with Crippen molar-refractivity contribution in [2.24, 2.45) is 0 Å². The minimum atomic E-state index is -0.400. The van der Waals surface area contributed by atoms with E-state index in [4.69, 9.17) is 14.7 Å². The van der Waals surface area contributed by atoms with Gasteiger partial charge in [0.05, 0.1) is 41.5 Å². The molecule has 9 nitrogen and oxygen atoms in total. The standard InChI is InChI=1S/C27H17FN8O/c28-19-5-1-4-18-22(8-10-37-24(18)19)36-25(17-3-2-9-30-13-17)33-21-14-31-27(34-26(21)36)35-15-32-20-7-6-16(12-29)11-23(20)35/h1-7,9,11,13-15,22H,8,10H2/t22-/m1/s1. The zero-order valence-electron chi connectivity index (χ0n) is 19.3. The van der Waals surface area contributed by atoms with Crippen molar-refractivity contribution in [3.05, 3.63) is 90.4 Å². The highest BCUT2D eigenvalue weighted by molar-refractivity contribution is 5.80. The molecule has 0 saturated carbocycles. The largest absolute Gasteiger partial charge is 0.490 e. The van der Waals surface area contributed by atoms with Gasteiger partial charge < -0.3 is 9.30 Å². The number of para-hydroxylation sites is 1. The first-order chi connectivity index (χ1) is 18.2. The van der Waals surface area contributed by atoms with E-state index in [-0.39, 0.29) is 11.8 Å². The molecule has 0 radical (unpaired) electrons. The van der Waals surface area contributed by atoms with Crippen LogP contribution in [0.4, 0.5) is 4.39 Å². The molecule has 10 heteroatoms. The molecule has 1 aliphatic heterocycles. The van der Waals surface area contributed by atoms with Crippen molar-refractivity contribution in [2.75, 3.05) is 6.61 Å². The second-order valence-electron chi connectivity index (χ2n) is 8.67. The summed E-state index contributed by atoms with van der Waals surface area (Å²) in [5.74, 6) is 0.883. The fourth-order valence-corrected chi connectivity index (χ4v) is 4.86. The Kier molecular flexibility index (Phi) is 4.69. The summed E-state index contributed by atoms with van der Waals surface area (Å²) in [4.78, 5) is 23.0. The number of ether oxygens (including phenoxy) is 1. The summed E-state index contributed by atoms with van der Waals surface area (Å²) >= 11 is 0. The Balaban J connectivity index is 1.49. The molecular formula is C27H17FN8O. The van der Waals surface area contributed by atoms with Gasteiger partial charge in [0.2, 0.25) is 5.95 Å². The Labute approximate surface area is 209 Å². The van der Waals surface area contributed by atoms with Gasteiger partial charge in [-0.2, -0.15) is 10.2 Å². The molecule has 4 aromatic heterocycles. The molecule has 7 rings (SSSR count). The summed E-state index contributed by atoms with van der Waals surface area (Å²) in [6.07, 6.45) is 7.35. The first-order valence-corrected chi connectivity index (χ1v) is 11.7. The number of halogens is 1. The molecule has 1 aliphatic rings. The fraction of sp³-hybridized carbons (Fsp3) is 0.111. The van der Waals surface area contributed by atoms with Crippen LogP contribution in [0.15, 0.2) is 73.4 Å². The van der Waals surface area contributed by atoms with Gasteiger partial charge in [-0.05, 0) is 36.4 Å². The highest BCUT2D eigenvalue weighted by atomic mass is 19.1. The lowest BCUT2D eigenvalue weighted by molar-refractivity contribution is 0.246. The van der Waals surface area contributed by atoms with Crippen LogP contribution in [0.5, 0.6) is 5.75 Å². The van der Waals surface area contributed by atoms with Crippen LogP contribution >= 0.6 is 0 Å². The first kappa shape index (κ1) is 21.1. The summed E-state index contributed by atoms with van der Waals surface area (Å²) in [6.45, 7) is 0.353. The Morgan fingerprint density at radius 3 is 2.84 bits per heavy atom. The lowest BCUT2D eigenvalue weighted by Crippen LogP contribution is -2.22. The topological polar surface area (TPSA) is 107 Å². The molecule has 0 unspecified atom stereocenters. The van der Waals surface area contributed by atoms with E-state index >= 15 is 0 Å². The van der Waals surface area contributed by atoms with Gasteiger partial charge in [0, 0.05) is 29.9 Å². The maximum atomic E-state index is 14.7. The third kappa shape index (κ3) is 3.32. The normalized spacial score (nSPS) is 14.9. The van der Waals surface area contributed by atoms with E-state index in [0.717, 1.165) is 22.2 Å². The van der Waals surface area contributed by atoms with E-state index in [0.29, 0.717) is 41.5 Å². The number of imidazole rings is 2. The van der Waals surface area contributed by atoms with E-state index < -0.39 is 5.82 Å². The number of nitrogens with zero attached hydrogens (tertiary/aromatic N) is 8. The Morgan fingerprint density at radius 1 is 1.03 bits per heavy atom. The van der Waals surface area contributed by atoms with Gasteiger partial charge in [0.1, 0.15) is 17.7 Å². The minimum absolute atomic E-state index is 0.247. The Bertz CT molecular complexity index is 1850. The maximum Gasteiger partial charge on any atom is 0.237 e. The second-order valence-corrected chi connectivity index (χ2v) is 8.67. The highest BCUT2D eigenvalue weighted by Crippen LogP contribution is 2.40. The fourth-order valence-electron chi connectivity index (χ4n) is 4.86. The molecule has 0 spiro atoms. The predicted octanol–water partition coefficient (Wildman–Crippen LogP) is 4.61. The molecule has 2 aromatic carbocycles. The third-order valence-corrected chi connectivity index (χ3v) is 6.54. The van der Waals surface area contributed by atoms with Gasteiger partial charge in [-0.1, -0.05) is 12.1 Å². The lowest BCUT2D eigenvalue weighted by atomic mass is 9.99. The summed E-state index contributed by atoms with van der Waals surface area (Å²) in [7, 11) is 0. The van der Waals surface area contributed by atoms with Crippen LogP contribution < -0.4 is 4.74 Å². The van der Waals surface area contributed by atoms with E-state index in [1.165, 1.54) is 6.07 Å². The van der Waals surface area contributed by atoms with Crippen molar-refractivity contribution in [3.63, 3.8) is 0 Å². The van der Waals surface area contributed by atoms with E-state index in [2.05, 4.69) is 21.0 Å². The van der Waals surface area contributed by atoms with Gasteiger partial charge in [0.25, 0.3) is 0 Å². The summed E-state index contributed by atoms with van der Waals surface area (Å²) in [5, 5.41) is 9.36. The van der Waals surface area contributed by atoms with Gasteiger partial charge in [-0.25, -0.2) is 19.3 Å². The number of pyridine rings is 1. The van der Waals surface area contributed by atoms with Gasteiger partial charge in [0.15, 0.2) is 17.2 Å². The van der Waals surface area contributed by atoms with Crippen LogP contribution in [-0.4, -0.2) is 40.7 Å². The summed E-state index contributed by atoms with van der Waals surface area (Å²) < 4.78 is 24.1. The minimum Gasteiger partial charge on any atom is -0.490 e. The van der Waals surface area contributed by atoms with Crippen molar-refractivity contribution >= 4 is 22.2 Å². The van der Waals surface area contributed by atoms with Crippen molar-refractivity contribution in [3.8, 4) is 29.2 Å². The zero-order valence-corrected chi connectivity index (χ0v) is 19.3. The molecule has 0 fully saturated rings. The maximum absolute atomic E-state index is 14.7. The second kappa shape index (κ2) is 8.20. The molecule has 6 aromatic rings. The number of hydrogen-bond acceptors (Lipinski definition) is 7. The van der Waals surface area contributed by atoms with Crippen molar-refractivity contribution in [1.82, 2.24) is 34.1 Å². The average Bonchev–Trinajstić information content (AvgIpc) is 3.54. The molecule has 5 heterocycles. The quantitative estimate of drug-likeness (QED) is 0.358. The monoisotopic (exact) mass is 488 g/mol. The molecule has 1 atom stereocenters. The number of aromatic nitrogens is 7. The lowest BCUT2D eigenvalue weighted by Gasteiger charge is -2.28. The van der Waals surface area contributed by atoms with Crippen LogP contribution in [0, 0.1) is 17.1 Å². The zero-order chi connectivity index (χ0) is 24.9. The van der Waals surface area contributed by atoms with Crippen LogP contribution in [0.2, 0.25) is 0 Å². The molecular weight excluding hydrogens is 471 g/mol. The molecule has 0 bridgehead atoms. The molecule has 0 N–H and O–H groups in total. The van der Waals surface area contributed by atoms with Gasteiger partial charge in [-0.3, -0.25) is 9.55 Å². The Hall–Kier alpha value is -5.17. The van der Waals surface area contributed by atoms with Gasteiger partial charge >= 0.3 is 0 Å². The summed E-state index contributed by atoms with van der Waals surface area (Å²) in [5.41, 5.74) is 4.66. The SMILES string of the molecule is N#Cc1ccc2ncn(-c3ncc4nc(-c5cccnc5)n([C@@H]5CCOc6c(F)cccc65)c4n3)c2c1. The highest BCUT2D eigenvalue weighted by Gasteiger charge is 2.30.